The molecule has 0 spiro atoms. The fraction of sp³-hybridized carbons (Fsp3) is 0.250. The number of sulfone groups is 1. The van der Waals surface area contributed by atoms with Gasteiger partial charge in [0.1, 0.15) is 0 Å². The summed E-state index contributed by atoms with van der Waals surface area (Å²) in [7, 11) is -3.02. The maximum Gasteiger partial charge on any atom is 0.337 e. The van der Waals surface area contributed by atoms with Crippen LogP contribution in [0, 0.1) is 0 Å². The molecule has 0 aliphatic carbocycles. The number of hydrogen-bond acceptors (Lipinski definition) is 5. The van der Waals surface area contributed by atoms with E-state index in [1.807, 2.05) is 0 Å². The van der Waals surface area contributed by atoms with Crippen LogP contribution in [0.2, 0.25) is 0 Å². The summed E-state index contributed by atoms with van der Waals surface area (Å²) in [6.45, 7) is 1.38. The normalized spacial score (nSPS) is 20.6. The van der Waals surface area contributed by atoms with Crippen LogP contribution in [-0.4, -0.2) is 48.7 Å². The number of benzene rings is 2. The number of barbiturate groups is 1. The van der Waals surface area contributed by atoms with Crippen molar-refractivity contribution in [1.82, 2.24) is 4.90 Å². The Labute approximate surface area is 163 Å². The molecule has 0 N–H and O–H groups in total. The van der Waals surface area contributed by atoms with Gasteiger partial charge in [-0.1, -0.05) is 55.5 Å². The van der Waals surface area contributed by atoms with Crippen LogP contribution in [0.25, 0.3) is 0 Å². The predicted octanol–water partition coefficient (Wildman–Crippen LogP) is 2.03. The lowest BCUT2D eigenvalue weighted by Crippen LogP contribution is -2.72. The van der Waals surface area contributed by atoms with Crippen LogP contribution < -0.4 is 4.90 Å². The Hall–Kier alpha value is -3.00. The molecule has 1 unspecified atom stereocenters. The molecule has 1 heterocycles. The molecular formula is C20H20N2O5S. The number of nitrogens with zero attached hydrogens (tertiary/aromatic N) is 2. The molecule has 4 amide bonds. The Balaban J connectivity index is 2.25. The Morgan fingerprint density at radius 1 is 0.857 bits per heavy atom. The highest BCUT2D eigenvalue weighted by Gasteiger charge is 2.64. The minimum atomic E-state index is -4.21. The first-order valence-corrected chi connectivity index (χ1v) is 10.4. The van der Waals surface area contributed by atoms with Crippen molar-refractivity contribution in [3.8, 4) is 0 Å². The fourth-order valence-electron chi connectivity index (χ4n) is 3.33. The predicted molar refractivity (Wildman–Crippen MR) is 104 cm³/mol. The molecule has 2 aromatic carbocycles. The molecule has 1 fully saturated rings. The zero-order valence-electron chi connectivity index (χ0n) is 15.5. The molecule has 1 saturated heterocycles. The number of amides is 4. The first kappa shape index (κ1) is 19.8. The molecule has 0 radical (unpaired) electrons. The highest BCUT2D eigenvalue weighted by Crippen LogP contribution is 2.35. The summed E-state index contributed by atoms with van der Waals surface area (Å²) in [6, 6.07) is 15.6. The molecule has 146 valence electrons. The van der Waals surface area contributed by atoms with Crippen LogP contribution in [0.15, 0.2) is 60.7 Å². The monoisotopic (exact) mass is 400 g/mol. The van der Waals surface area contributed by atoms with E-state index < -0.39 is 38.2 Å². The maximum atomic E-state index is 13.5. The van der Waals surface area contributed by atoms with E-state index in [4.69, 9.17) is 0 Å². The summed E-state index contributed by atoms with van der Waals surface area (Å²) < 4.78 is 23.8. The van der Waals surface area contributed by atoms with E-state index in [2.05, 4.69) is 0 Å². The van der Waals surface area contributed by atoms with E-state index in [0.29, 0.717) is 10.5 Å². The van der Waals surface area contributed by atoms with Crippen molar-refractivity contribution in [1.29, 1.82) is 0 Å². The average Bonchev–Trinajstić information content (AvgIpc) is 2.71. The van der Waals surface area contributed by atoms with Gasteiger partial charge in [-0.15, -0.1) is 0 Å². The van der Waals surface area contributed by atoms with Gasteiger partial charge < -0.3 is 0 Å². The van der Waals surface area contributed by atoms with E-state index in [9.17, 15) is 22.8 Å². The molecule has 1 atom stereocenters. The van der Waals surface area contributed by atoms with E-state index in [-0.39, 0.29) is 12.1 Å². The van der Waals surface area contributed by atoms with Crippen LogP contribution in [0.3, 0.4) is 0 Å². The van der Waals surface area contributed by atoms with E-state index in [0.717, 1.165) is 4.90 Å². The minimum absolute atomic E-state index is 0.209. The second-order valence-corrected chi connectivity index (χ2v) is 9.02. The number of urea groups is 1. The van der Waals surface area contributed by atoms with E-state index in [1.165, 1.54) is 26.1 Å². The Morgan fingerprint density at radius 3 is 1.93 bits per heavy atom. The number of imide groups is 2. The van der Waals surface area contributed by atoms with Crippen LogP contribution in [0.4, 0.5) is 10.5 Å². The third kappa shape index (κ3) is 2.90. The summed E-state index contributed by atoms with van der Waals surface area (Å²) >= 11 is 0. The lowest BCUT2D eigenvalue weighted by Gasteiger charge is -2.42. The largest absolute Gasteiger partial charge is 0.337 e. The zero-order chi connectivity index (χ0) is 20.5. The summed E-state index contributed by atoms with van der Waals surface area (Å²) in [5, 5.41) is 0. The van der Waals surface area contributed by atoms with E-state index >= 15 is 0 Å². The van der Waals surface area contributed by atoms with Crippen molar-refractivity contribution in [2.45, 2.75) is 18.1 Å². The molecule has 1 aliphatic rings. The molecular weight excluding hydrogens is 380 g/mol. The number of anilines is 1. The van der Waals surface area contributed by atoms with Crippen LogP contribution in [0.5, 0.6) is 0 Å². The molecule has 1 aliphatic heterocycles. The summed E-state index contributed by atoms with van der Waals surface area (Å²) in [5.41, 5.74) is 0.720. The van der Waals surface area contributed by atoms with Gasteiger partial charge in [-0.2, -0.15) is 0 Å². The van der Waals surface area contributed by atoms with Crippen molar-refractivity contribution < 1.29 is 22.8 Å². The molecule has 0 saturated carbocycles. The van der Waals surface area contributed by atoms with Crippen molar-refractivity contribution in [3.63, 3.8) is 0 Å². The molecule has 7 nitrogen and oxygen atoms in total. The number of rotatable bonds is 5. The SMILES string of the molecule is CCS(=O)(=O)C1(Cc2ccccc2)C(=O)N(C)C(=O)N(c2ccccc2)C1=O. The van der Waals surface area contributed by atoms with Gasteiger partial charge in [0.2, 0.25) is 4.75 Å². The van der Waals surface area contributed by atoms with Gasteiger partial charge in [-0.3, -0.25) is 14.5 Å². The van der Waals surface area contributed by atoms with Crippen molar-refractivity contribution in [3.05, 3.63) is 66.2 Å². The Kier molecular flexibility index (Phi) is 5.08. The second-order valence-electron chi connectivity index (χ2n) is 6.52. The summed E-state index contributed by atoms with van der Waals surface area (Å²) in [4.78, 5) is 40.8. The lowest BCUT2D eigenvalue weighted by molar-refractivity contribution is -0.138. The third-order valence-electron chi connectivity index (χ3n) is 4.90. The fourth-order valence-corrected chi connectivity index (χ4v) is 4.97. The maximum absolute atomic E-state index is 13.5. The van der Waals surface area contributed by atoms with Gasteiger partial charge >= 0.3 is 6.03 Å². The average molecular weight is 400 g/mol. The van der Waals surface area contributed by atoms with Gasteiger partial charge in [0.15, 0.2) is 9.84 Å². The Bertz CT molecular complexity index is 1020. The number of carbonyl (C=O) groups excluding carboxylic acids is 3. The molecule has 2 aromatic rings. The number of hydrogen-bond donors (Lipinski definition) is 0. The standard InChI is InChI=1S/C20H20N2O5S/c1-3-28(26,27)20(14-15-10-6-4-7-11-15)17(23)21(2)19(25)22(18(20)24)16-12-8-5-9-13-16/h4-13H,3,14H2,1-2H3. The van der Waals surface area contributed by atoms with Crippen molar-refractivity contribution in [2.75, 3.05) is 17.7 Å². The summed E-state index contributed by atoms with van der Waals surface area (Å²) in [6.07, 6.45) is -0.345. The molecule has 0 bridgehead atoms. The highest BCUT2D eigenvalue weighted by molar-refractivity contribution is 7.94. The first-order valence-electron chi connectivity index (χ1n) is 8.74. The van der Waals surface area contributed by atoms with Crippen LogP contribution in [-0.2, 0) is 25.8 Å². The number of carbonyl (C=O) groups is 3. The van der Waals surface area contributed by atoms with Crippen LogP contribution >= 0.6 is 0 Å². The number of para-hydroxylation sites is 1. The topological polar surface area (TPSA) is 91.8 Å². The zero-order valence-corrected chi connectivity index (χ0v) is 16.3. The molecule has 28 heavy (non-hydrogen) atoms. The van der Waals surface area contributed by atoms with Crippen LogP contribution in [0.1, 0.15) is 12.5 Å². The first-order chi connectivity index (χ1) is 13.3. The van der Waals surface area contributed by atoms with Gasteiger partial charge in [0, 0.05) is 19.2 Å². The molecule has 8 heteroatoms. The quantitative estimate of drug-likeness (QED) is 0.716. The van der Waals surface area contributed by atoms with E-state index in [1.54, 1.807) is 48.5 Å². The third-order valence-corrected chi connectivity index (χ3v) is 7.21. The smallest absolute Gasteiger partial charge is 0.272 e. The van der Waals surface area contributed by atoms with Gasteiger partial charge in [0.05, 0.1) is 5.69 Å². The van der Waals surface area contributed by atoms with Gasteiger partial charge in [-0.25, -0.2) is 18.1 Å². The van der Waals surface area contributed by atoms with Crippen molar-refractivity contribution in [2.24, 2.45) is 0 Å². The molecule has 3 rings (SSSR count). The second kappa shape index (κ2) is 7.20. The highest BCUT2D eigenvalue weighted by atomic mass is 32.2. The molecule has 0 aromatic heterocycles. The summed E-state index contributed by atoms with van der Waals surface area (Å²) in [5.74, 6) is -2.49. The van der Waals surface area contributed by atoms with Crippen molar-refractivity contribution >= 4 is 33.4 Å². The minimum Gasteiger partial charge on any atom is -0.272 e. The lowest BCUT2D eigenvalue weighted by atomic mass is 9.93. The Morgan fingerprint density at radius 2 is 1.39 bits per heavy atom. The van der Waals surface area contributed by atoms with Gasteiger partial charge in [0.25, 0.3) is 11.8 Å². The van der Waals surface area contributed by atoms with Gasteiger partial charge in [-0.05, 0) is 17.7 Å².